The number of nitrogens with one attached hydrogen (secondary N) is 1. The average molecular weight is 330 g/mol. The Morgan fingerprint density at radius 1 is 1.13 bits per heavy atom. The second kappa shape index (κ2) is 9.10. The maximum absolute atomic E-state index is 12.4. The molecule has 0 aliphatic heterocycles. The highest BCUT2D eigenvalue weighted by atomic mass is 32.1. The number of carbonyl (C=O) groups excluding carboxylic acids is 2. The van der Waals surface area contributed by atoms with Crippen LogP contribution in [-0.2, 0) is 11.3 Å². The van der Waals surface area contributed by atoms with Gasteiger partial charge in [0.25, 0.3) is 5.91 Å². The van der Waals surface area contributed by atoms with Crippen molar-refractivity contribution in [3.8, 4) is 0 Å². The molecule has 0 atom stereocenters. The Bertz CT molecular complexity index is 611. The Balaban J connectivity index is 1.82. The van der Waals surface area contributed by atoms with Gasteiger partial charge in [0.15, 0.2) is 0 Å². The molecule has 0 saturated carbocycles. The lowest BCUT2D eigenvalue weighted by molar-refractivity contribution is -0.131. The first kappa shape index (κ1) is 17.2. The Morgan fingerprint density at radius 2 is 1.91 bits per heavy atom. The number of nitrogens with zero attached hydrogens (tertiary/aromatic N) is 1. The molecule has 1 heterocycles. The molecule has 23 heavy (non-hydrogen) atoms. The van der Waals surface area contributed by atoms with Gasteiger partial charge >= 0.3 is 0 Å². The quantitative estimate of drug-likeness (QED) is 0.807. The fourth-order valence-electron chi connectivity index (χ4n) is 2.30. The van der Waals surface area contributed by atoms with E-state index in [4.69, 9.17) is 0 Å². The molecule has 1 N–H and O–H groups in total. The lowest BCUT2D eigenvalue weighted by Gasteiger charge is -2.22. The zero-order chi connectivity index (χ0) is 16.5. The van der Waals surface area contributed by atoms with E-state index in [-0.39, 0.29) is 11.8 Å². The molecule has 122 valence electrons. The molecule has 0 spiro atoms. The molecule has 1 aromatic heterocycles. The van der Waals surface area contributed by atoms with Gasteiger partial charge in [0.1, 0.15) is 0 Å². The number of amides is 2. The predicted octanol–water partition coefficient (Wildman–Crippen LogP) is 3.31. The maximum Gasteiger partial charge on any atom is 0.261 e. The van der Waals surface area contributed by atoms with E-state index in [1.54, 1.807) is 6.07 Å². The van der Waals surface area contributed by atoms with Gasteiger partial charge in [0, 0.05) is 26.1 Å². The smallest absolute Gasteiger partial charge is 0.261 e. The standard InChI is InChI=1S/C18H22N2O2S/c1-2-12-20(14-15-7-4-3-5-8-15)17(21)10-11-19-18(22)16-9-6-13-23-16/h3-9,13H,2,10-12,14H2,1H3,(H,19,22). The zero-order valence-electron chi connectivity index (χ0n) is 13.3. The second-order valence-electron chi connectivity index (χ2n) is 5.28. The minimum absolute atomic E-state index is 0.0715. The summed E-state index contributed by atoms with van der Waals surface area (Å²) in [5.41, 5.74) is 1.12. The lowest BCUT2D eigenvalue weighted by atomic mass is 10.2. The highest BCUT2D eigenvalue weighted by Gasteiger charge is 2.14. The molecule has 0 unspecified atom stereocenters. The third kappa shape index (κ3) is 5.53. The second-order valence-corrected chi connectivity index (χ2v) is 6.23. The Labute approximate surface area is 141 Å². The summed E-state index contributed by atoms with van der Waals surface area (Å²) in [6, 6.07) is 13.6. The van der Waals surface area contributed by atoms with Gasteiger partial charge in [-0.15, -0.1) is 11.3 Å². The van der Waals surface area contributed by atoms with Gasteiger partial charge in [0.2, 0.25) is 5.91 Å². The van der Waals surface area contributed by atoms with Crippen LogP contribution in [0.2, 0.25) is 0 Å². The number of hydrogen-bond acceptors (Lipinski definition) is 3. The number of benzene rings is 1. The lowest BCUT2D eigenvalue weighted by Crippen LogP contribution is -2.34. The topological polar surface area (TPSA) is 49.4 Å². The van der Waals surface area contributed by atoms with Crippen molar-refractivity contribution in [3.63, 3.8) is 0 Å². The molecule has 0 aliphatic carbocycles. The van der Waals surface area contributed by atoms with E-state index in [0.717, 1.165) is 18.5 Å². The number of hydrogen-bond donors (Lipinski definition) is 1. The minimum Gasteiger partial charge on any atom is -0.351 e. The Kier molecular flexibility index (Phi) is 6.81. The summed E-state index contributed by atoms with van der Waals surface area (Å²) in [6.45, 7) is 3.77. The Hall–Kier alpha value is -2.14. The monoisotopic (exact) mass is 330 g/mol. The molecular weight excluding hydrogens is 308 g/mol. The van der Waals surface area contributed by atoms with E-state index in [2.05, 4.69) is 12.2 Å². The maximum atomic E-state index is 12.4. The third-order valence-corrected chi connectivity index (χ3v) is 4.30. The first-order valence-corrected chi connectivity index (χ1v) is 8.72. The average Bonchev–Trinajstić information content (AvgIpc) is 3.10. The van der Waals surface area contributed by atoms with E-state index >= 15 is 0 Å². The van der Waals surface area contributed by atoms with Gasteiger partial charge in [-0.05, 0) is 23.4 Å². The van der Waals surface area contributed by atoms with Crippen LogP contribution in [0.1, 0.15) is 35.0 Å². The van der Waals surface area contributed by atoms with Gasteiger partial charge < -0.3 is 10.2 Å². The van der Waals surface area contributed by atoms with E-state index in [0.29, 0.717) is 24.4 Å². The molecule has 2 aromatic rings. The van der Waals surface area contributed by atoms with Crippen molar-refractivity contribution in [2.24, 2.45) is 0 Å². The molecule has 2 amide bonds. The summed E-state index contributed by atoms with van der Waals surface area (Å²) in [7, 11) is 0. The van der Waals surface area contributed by atoms with Crippen LogP contribution in [0.5, 0.6) is 0 Å². The summed E-state index contributed by atoms with van der Waals surface area (Å²) in [4.78, 5) is 26.8. The highest BCUT2D eigenvalue weighted by molar-refractivity contribution is 7.12. The molecule has 0 radical (unpaired) electrons. The Morgan fingerprint density at radius 3 is 2.57 bits per heavy atom. The SMILES string of the molecule is CCCN(Cc1ccccc1)C(=O)CCNC(=O)c1cccs1. The molecule has 2 rings (SSSR count). The number of carbonyl (C=O) groups is 2. The summed E-state index contributed by atoms with van der Waals surface area (Å²) in [5.74, 6) is -0.0416. The fourth-order valence-corrected chi connectivity index (χ4v) is 2.94. The first-order chi connectivity index (χ1) is 11.2. The van der Waals surface area contributed by atoms with E-state index < -0.39 is 0 Å². The van der Waals surface area contributed by atoms with Crippen molar-refractivity contribution >= 4 is 23.2 Å². The van der Waals surface area contributed by atoms with Crippen LogP contribution in [-0.4, -0.2) is 29.8 Å². The van der Waals surface area contributed by atoms with E-state index in [1.807, 2.05) is 46.7 Å². The van der Waals surface area contributed by atoms with Crippen LogP contribution >= 0.6 is 11.3 Å². The molecule has 0 aliphatic rings. The fraction of sp³-hybridized carbons (Fsp3) is 0.333. The summed E-state index contributed by atoms with van der Waals surface area (Å²) < 4.78 is 0. The largest absolute Gasteiger partial charge is 0.351 e. The van der Waals surface area contributed by atoms with Crippen LogP contribution in [0.3, 0.4) is 0 Å². The van der Waals surface area contributed by atoms with Crippen LogP contribution in [0.15, 0.2) is 47.8 Å². The van der Waals surface area contributed by atoms with Crippen molar-refractivity contribution in [1.82, 2.24) is 10.2 Å². The van der Waals surface area contributed by atoms with E-state index in [1.165, 1.54) is 11.3 Å². The molecule has 5 heteroatoms. The third-order valence-electron chi connectivity index (χ3n) is 3.43. The van der Waals surface area contributed by atoms with Gasteiger partial charge in [0.05, 0.1) is 4.88 Å². The summed E-state index contributed by atoms with van der Waals surface area (Å²) >= 11 is 1.40. The highest BCUT2D eigenvalue weighted by Crippen LogP contribution is 2.09. The molecular formula is C18H22N2O2S. The number of thiophene rings is 1. The summed E-state index contributed by atoms with van der Waals surface area (Å²) in [5, 5.41) is 4.66. The van der Waals surface area contributed by atoms with Gasteiger partial charge in [-0.2, -0.15) is 0 Å². The van der Waals surface area contributed by atoms with Crippen molar-refractivity contribution in [3.05, 3.63) is 58.3 Å². The van der Waals surface area contributed by atoms with Crippen LogP contribution < -0.4 is 5.32 Å². The van der Waals surface area contributed by atoms with Crippen LogP contribution in [0.4, 0.5) is 0 Å². The minimum atomic E-state index is -0.113. The molecule has 1 aromatic carbocycles. The van der Waals surface area contributed by atoms with Crippen molar-refractivity contribution in [2.75, 3.05) is 13.1 Å². The number of rotatable bonds is 8. The van der Waals surface area contributed by atoms with Gasteiger partial charge in [-0.25, -0.2) is 0 Å². The van der Waals surface area contributed by atoms with Crippen molar-refractivity contribution < 1.29 is 9.59 Å². The summed E-state index contributed by atoms with van der Waals surface area (Å²) in [6.07, 6.45) is 1.24. The van der Waals surface area contributed by atoms with Crippen molar-refractivity contribution in [1.29, 1.82) is 0 Å². The van der Waals surface area contributed by atoms with Gasteiger partial charge in [-0.3, -0.25) is 9.59 Å². The van der Waals surface area contributed by atoms with Crippen LogP contribution in [0, 0.1) is 0 Å². The van der Waals surface area contributed by atoms with E-state index in [9.17, 15) is 9.59 Å². The first-order valence-electron chi connectivity index (χ1n) is 7.84. The van der Waals surface area contributed by atoms with Crippen LogP contribution in [0.25, 0.3) is 0 Å². The zero-order valence-corrected chi connectivity index (χ0v) is 14.1. The normalized spacial score (nSPS) is 10.3. The molecule has 0 saturated heterocycles. The molecule has 4 nitrogen and oxygen atoms in total. The molecule has 0 fully saturated rings. The van der Waals surface area contributed by atoms with Gasteiger partial charge in [-0.1, -0.05) is 43.3 Å². The predicted molar refractivity (Wildman–Crippen MR) is 93.4 cm³/mol. The van der Waals surface area contributed by atoms with Crippen molar-refractivity contribution in [2.45, 2.75) is 26.3 Å². The molecule has 0 bridgehead atoms.